The molecule has 0 saturated carbocycles. The van der Waals surface area contributed by atoms with Crippen LogP contribution in [-0.2, 0) is 17.6 Å². The molecule has 3 N–H and O–H groups in total. The Morgan fingerprint density at radius 3 is 2.48 bits per heavy atom. The van der Waals surface area contributed by atoms with Crippen molar-refractivity contribution in [2.75, 3.05) is 13.7 Å². The van der Waals surface area contributed by atoms with Crippen molar-refractivity contribution >= 4 is 17.5 Å². The van der Waals surface area contributed by atoms with Crippen molar-refractivity contribution in [2.24, 2.45) is 5.92 Å². The summed E-state index contributed by atoms with van der Waals surface area (Å²) in [6.45, 7) is 2.32. The number of nitrogens with one attached hydrogen (secondary N) is 1. The van der Waals surface area contributed by atoms with E-state index in [1.54, 1.807) is 12.1 Å². The fourth-order valence-electron chi connectivity index (χ4n) is 4.35. The number of fused-ring (bicyclic) bond motifs is 3. The van der Waals surface area contributed by atoms with Crippen LogP contribution in [0.5, 0.6) is 17.2 Å². The van der Waals surface area contributed by atoms with E-state index >= 15 is 0 Å². The van der Waals surface area contributed by atoms with Crippen LogP contribution in [0.1, 0.15) is 56.3 Å². The highest BCUT2D eigenvalue weighted by Gasteiger charge is 2.40. The summed E-state index contributed by atoms with van der Waals surface area (Å²) < 4.78 is 5.23. The van der Waals surface area contributed by atoms with Gasteiger partial charge in [0.2, 0.25) is 11.7 Å². The molecule has 150 valence electrons. The van der Waals surface area contributed by atoms with Crippen LogP contribution in [-0.4, -0.2) is 41.3 Å². The molecule has 0 radical (unpaired) electrons. The zero-order valence-corrected chi connectivity index (χ0v) is 16.2. The van der Waals surface area contributed by atoms with Gasteiger partial charge in [0.15, 0.2) is 5.78 Å². The van der Waals surface area contributed by atoms with Crippen LogP contribution in [0.4, 0.5) is 0 Å². The topological polar surface area (TPSA) is 113 Å². The number of ketones is 2. The Balaban J connectivity index is 1.90. The van der Waals surface area contributed by atoms with Crippen molar-refractivity contribution < 1.29 is 29.3 Å². The number of aromatic hydroxyl groups is 2. The Kier molecular flexibility index (Phi) is 4.53. The van der Waals surface area contributed by atoms with Gasteiger partial charge in [0.25, 0.3) is 0 Å². The SMILES string of the molecule is CCNC(=O)C1CCc2c(O)c3c(c(O)c2C1)C(=O)c1cccc(OC)c1C3=O. The van der Waals surface area contributed by atoms with E-state index in [9.17, 15) is 24.6 Å². The second kappa shape index (κ2) is 6.92. The van der Waals surface area contributed by atoms with Gasteiger partial charge in [-0.05, 0) is 32.3 Å². The number of hydrogen-bond acceptors (Lipinski definition) is 6. The van der Waals surface area contributed by atoms with Crippen molar-refractivity contribution in [3.8, 4) is 17.2 Å². The van der Waals surface area contributed by atoms with Crippen LogP contribution in [0.3, 0.4) is 0 Å². The molecule has 0 fully saturated rings. The zero-order chi connectivity index (χ0) is 20.9. The van der Waals surface area contributed by atoms with Gasteiger partial charge < -0.3 is 20.3 Å². The highest BCUT2D eigenvalue weighted by molar-refractivity contribution is 6.31. The Bertz CT molecular complexity index is 1070. The van der Waals surface area contributed by atoms with E-state index in [1.807, 2.05) is 6.92 Å². The van der Waals surface area contributed by atoms with E-state index in [1.165, 1.54) is 13.2 Å². The third kappa shape index (κ3) is 2.68. The molecule has 7 nitrogen and oxygen atoms in total. The van der Waals surface area contributed by atoms with Gasteiger partial charge in [0.1, 0.15) is 17.2 Å². The van der Waals surface area contributed by atoms with E-state index < -0.39 is 11.6 Å². The smallest absolute Gasteiger partial charge is 0.223 e. The lowest BCUT2D eigenvalue weighted by Crippen LogP contribution is -2.34. The first kappa shape index (κ1) is 19.0. The molecule has 2 aliphatic rings. The number of rotatable bonds is 3. The highest BCUT2D eigenvalue weighted by atomic mass is 16.5. The molecule has 2 aromatic carbocycles. The molecule has 2 aromatic rings. The summed E-state index contributed by atoms with van der Waals surface area (Å²) in [7, 11) is 1.40. The summed E-state index contributed by atoms with van der Waals surface area (Å²) in [5, 5.41) is 24.6. The molecule has 0 spiro atoms. The number of benzene rings is 2. The third-order valence-corrected chi connectivity index (χ3v) is 5.75. The predicted octanol–water partition coefficient (Wildman–Crippen LogP) is 2.12. The Hall–Kier alpha value is -3.35. The molecule has 0 bridgehead atoms. The second-order valence-corrected chi connectivity index (χ2v) is 7.28. The Labute approximate surface area is 167 Å². The van der Waals surface area contributed by atoms with Crippen molar-refractivity contribution in [3.63, 3.8) is 0 Å². The lowest BCUT2D eigenvalue weighted by molar-refractivity contribution is -0.125. The van der Waals surface area contributed by atoms with Crippen LogP contribution < -0.4 is 10.1 Å². The van der Waals surface area contributed by atoms with Gasteiger partial charge in [-0.15, -0.1) is 0 Å². The van der Waals surface area contributed by atoms with Gasteiger partial charge in [-0.25, -0.2) is 0 Å². The van der Waals surface area contributed by atoms with Crippen LogP contribution in [0.25, 0.3) is 0 Å². The van der Waals surface area contributed by atoms with Crippen LogP contribution in [0.15, 0.2) is 18.2 Å². The molecular formula is C22H21NO6. The predicted molar refractivity (Wildman–Crippen MR) is 104 cm³/mol. The molecule has 7 heteroatoms. The van der Waals surface area contributed by atoms with E-state index in [0.717, 1.165) is 0 Å². The average Bonchev–Trinajstić information content (AvgIpc) is 2.73. The summed E-state index contributed by atoms with van der Waals surface area (Å²) in [6, 6.07) is 4.66. The number of phenols is 2. The standard InChI is InChI=1S/C22H21NO6/c1-3-23-22(28)10-7-8-11-13(9-10)20(26)16-17(18(11)24)21(27)15-12(19(16)25)5-4-6-14(15)29-2/h4-6,10,24,26H,3,7-9H2,1-2H3,(H,23,28). The molecule has 0 heterocycles. The molecule has 1 amide bonds. The summed E-state index contributed by atoms with van der Waals surface area (Å²) in [5.74, 6) is -2.00. The minimum absolute atomic E-state index is 0.0816. The van der Waals surface area contributed by atoms with E-state index in [2.05, 4.69) is 5.32 Å². The van der Waals surface area contributed by atoms with Gasteiger partial charge >= 0.3 is 0 Å². The van der Waals surface area contributed by atoms with Gasteiger partial charge in [0, 0.05) is 29.2 Å². The van der Waals surface area contributed by atoms with Gasteiger partial charge in [-0.3, -0.25) is 14.4 Å². The quantitative estimate of drug-likeness (QED) is 0.586. The number of amides is 1. The number of methoxy groups -OCH3 is 1. The largest absolute Gasteiger partial charge is 0.507 e. The molecule has 1 unspecified atom stereocenters. The fraction of sp³-hybridized carbons (Fsp3) is 0.318. The van der Waals surface area contributed by atoms with E-state index in [-0.39, 0.29) is 57.7 Å². The monoisotopic (exact) mass is 395 g/mol. The molecule has 4 rings (SSSR count). The fourth-order valence-corrected chi connectivity index (χ4v) is 4.35. The van der Waals surface area contributed by atoms with Crippen LogP contribution >= 0.6 is 0 Å². The summed E-state index contributed by atoms with van der Waals surface area (Å²) in [4.78, 5) is 38.6. The minimum atomic E-state index is -0.562. The second-order valence-electron chi connectivity index (χ2n) is 7.28. The Morgan fingerprint density at radius 2 is 1.79 bits per heavy atom. The van der Waals surface area contributed by atoms with Crippen molar-refractivity contribution in [1.82, 2.24) is 5.32 Å². The van der Waals surface area contributed by atoms with Gasteiger partial charge in [-0.1, -0.05) is 12.1 Å². The number of phenolic OH excluding ortho intramolecular Hbond substituents is 2. The molecule has 2 aliphatic carbocycles. The molecule has 29 heavy (non-hydrogen) atoms. The van der Waals surface area contributed by atoms with Gasteiger partial charge in [-0.2, -0.15) is 0 Å². The lowest BCUT2D eigenvalue weighted by Gasteiger charge is -2.29. The first-order valence-electron chi connectivity index (χ1n) is 9.54. The third-order valence-electron chi connectivity index (χ3n) is 5.75. The average molecular weight is 395 g/mol. The highest BCUT2D eigenvalue weighted by Crippen LogP contribution is 2.47. The number of ether oxygens (including phenoxy) is 1. The molecular weight excluding hydrogens is 374 g/mol. The Morgan fingerprint density at radius 1 is 1.10 bits per heavy atom. The molecule has 1 atom stereocenters. The zero-order valence-electron chi connectivity index (χ0n) is 16.2. The maximum absolute atomic E-state index is 13.2. The van der Waals surface area contributed by atoms with Crippen molar-refractivity contribution in [2.45, 2.75) is 26.2 Å². The summed E-state index contributed by atoms with van der Waals surface area (Å²) in [6.07, 6.45) is 0.997. The van der Waals surface area contributed by atoms with E-state index in [4.69, 9.17) is 4.74 Å². The number of carbonyl (C=O) groups excluding carboxylic acids is 3. The first-order chi connectivity index (χ1) is 13.9. The van der Waals surface area contributed by atoms with Crippen molar-refractivity contribution in [3.05, 3.63) is 51.6 Å². The first-order valence-corrected chi connectivity index (χ1v) is 9.54. The molecule has 0 saturated heterocycles. The number of hydrogen-bond donors (Lipinski definition) is 3. The maximum atomic E-state index is 13.2. The maximum Gasteiger partial charge on any atom is 0.223 e. The minimum Gasteiger partial charge on any atom is -0.507 e. The van der Waals surface area contributed by atoms with Crippen LogP contribution in [0, 0.1) is 5.92 Å². The van der Waals surface area contributed by atoms with E-state index in [0.29, 0.717) is 30.5 Å². The molecule has 0 aromatic heterocycles. The van der Waals surface area contributed by atoms with Crippen molar-refractivity contribution in [1.29, 1.82) is 0 Å². The summed E-state index contributed by atoms with van der Waals surface area (Å²) in [5.41, 5.74) is 0.576. The normalized spacial score (nSPS) is 17.2. The van der Waals surface area contributed by atoms with Crippen LogP contribution in [0.2, 0.25) is 0 Å². The molecule has 0 aliphatic heterocycles. The number of carbonyl (C=O) groups is 3. The van der Waals surface area contributed by atoms with Gasteiger partial charge in [0.05, 0.1) is 23.8 Å². The summed E-state index contributed by atoms with van der Waals surface area (Å²) >= 11 is 0. The lowest BCUT2D eigenvalue weighted by atomic mass is 9.75.